The van der Waals surface area contributed by atoms with E-state index in [4.69, 9.17) is 5.73 Å². The van der Waals surface area contributed by atoms with Crippen molar-refractivity contribution in [1.82, 2.24) is 15.1 Å². The predicted octanol–water partition coefficient (Wildman–Crippen LogP) is 0.437. The summed E-state index contributed by atoms with van der Waals surface area (Å²) in [5.41, 5.74) is 4.29. The van der Waals surface area contributed by atoms with E-state index in [1.165, 1.54) is 4.90 Å². The quantitative estimate of drug-likeness (QED) is 0.736. The summed E-state index contributed by atoms with van der Waals surface area (Å²) in [6.07, 6.45) is 4.32. The molecular weight excluding hydrogens is 284 g/mol. The predicted molar refractivity (Wildman–Crippen MR) is 82.0 cm³/mol. The molecule has 0 atom stereocenters. The van der Waals surface area contributed by atoms with Crippen LogP contribution in [0, 0.1) is 0 Å². The van der Waals surface area contributed by atoms with Gasteiger partial charge in [-0.05, 0) is 26.7 Å². The fourth-order valence-electron chi connectivity index (χ4n) is 3.28. The summed E-state index contributed by atoms with van der Waals surface area (Å²) in [6, 6.07) is -0.382. The lowest BCUT2D eigenvalue weighted by Gasteiger charge is -2.35. The average molecular weight is 310 g/mol. The molecule has 7 nitrogen and oxygen atoms in total. The first kappa shape index (κ1) is 16.7. The molecule has 0 aromatic heterocycles. The number of rotatable bonds is 4. The summed E-state index contributed by atoms with van der Waals surface area (Å²) >= 11 is 0. The average Bonchev–Trinajstić information content (AvgIpc) is 2.64. The lowest BCUT2D eigenvalue weighted by atomic mass is 9.81. The summed E-state index contributed by atoms with van der Waals surface area (Å²) in [5, 5.41) is 2.75. The van der Waals surface area contributed by atoms with Gasteiger partial charge in [-0.3, -0.25) is 14.5 Å². The van der Waals surface area contributed by atoms with E-state index in [-0.39, 0.29) is 30.9 Å². The van der Waals surface area contributed by atoms with Crippen LogP contribution in [0.1, 0.15) is 46.0 Å². The molecule has 0 bridgehead atoms. The standard InChI is InChI=1S/C15H26N4O3/c1-14(2,10-16)17-11(20)9-19-12(21)15(18(3)13(19)22)7-5-4-6-8-15/h4-10,16H2,1-3H3,(H,17,20). The number of nitrogens with two attached hydrogens (primary N) is 1. The summed E-state index contributed by atoms with van der Waals surface area (Å²) in [4.78, 5) is 39.8. The topological polar surface area (TPSA) is 95.7 Å². The number of hydrogen-bond acceptors (Lipinski definition) is 4. The van der Waals surface area contributed by atoms with Crippen LogP contribution in [0.15, 0.2) is 0 Å². The van der Waals surface area contributed by atoms with Crippen molar-refractivity contribution in [2.75, 3.05) is 20.1 Å². The van der Waals surface area contributed by atoms with Crippen LogP contribution in [0.4, 0.5) is 4.79 Å². The molecule has 0 aromatic carbocycles. The molecule has 0 radical (unpaired) electrons. The number of amides is 4. The number of urea groups is 1. The van der Waals surface area contributed by atoms with E-state index >= 15 is 0 Å². The SMILES string of the molecule is CN1C(=O)N(CC(=O)NC(C)(C)CN)C(=O)C12CCCCC2. The monoisotopic (exact) mass is 310 g/mol. The van der Waals surface area contributed by atoms with Gasteiger partial charge in [-0.2, -0.15) is 0 Å². The van der Waals surface area contributed by atoms with Crippen LogP contribution >= 0.6 is 0 Å². The molecule has 3 N–H and O–H groups in total. The van der Waals surface area contributed by atoms with Crippen molar-refractivity contribution in [2.24, 2.45) is 5.73 Å². The van der Waals surface area contributed by atoms with Crippen LogP contribution in [-0.4, -0.2) is 58.9 Å². The van der Waals surface area contributed by atoms with Crippen molar-refractivity contribution in [2.45, 2.75) is 57.0 Å². The van der Waals surface area contributed by atoms with Crippen molar-refractivity contribution in [3.63, 3.8) is 0 Å². The molecule has 7 heteroatoms. The number of carbonyl (C=O) groups excluding carboxylic acids is 3. The molecule has 2 rings (SSSR count). The number of carbonyl (C=O) groups is 3. The molecule has 1 heterocycles. The molecule has 124 valence electrons. The van der Waals surface area contributed by atoms with Crippen molar-refractivity contribution >= 4 is 17.8 Å². The number of nitrogens with zero attached hydrogens (tertiary/aromatic N) is 2. The van der Waals surface area contributed by atoms with Crippen molar-refractivity contribution in [3.8, 4) is 0 Å². The van der Waals surface area contributed by atoms with E-state index in [9.17, 15) is 14.4 Å². The minimum atomic E-state index is -0.737. The fourth-order valence-corrected chi connectivity index (χ4v) is 3.28. The third-order valence-electron chi connectivity index (χ3n) is 4.77. The lowest BCUT2D eigenvalue weighted by molar-refractivity contribution is -0.137. The molecule has 1 aliphatic heterocycles. The summed E-state index contributed by atoms with van der Waals surface area (Å²) < 4.78 is 0. The minimum absolute atomic E-state index is 0.236. The zero-order valence-corrected chi connectivity index (χ0v) is 13.6. The van der Waals surface area contributed by atoms with Crippen molar-refractivity contribution in [1.29, 1.82) is 0 Å². The Hall–Kier alpha value is -1.63. The molecule has 4 amide bonds. The van der Waals surface area contributed by atoms with Gasteiger partial charge in [-0.15, -0.1) is 0 Å². The molecule has 1 spiro atoms. The van der Waals surface area contributed by atoms with Crippen LogP contribution in [0.25, 0.3) is 0 Å². The molecule has 22 heavy (non-hydrogen) atoms. The van der Waals surface area contributed by atoms with Gasteiger partial charge < -0.3 is 16.0 Å². The van der Waals surface area contributed by atoms with E-state index < -0.39 is 11.1 Å². The smallest absolute Gasteiger partial charge is 0.327 e. The normalized spacial score (nSPS) is 21.6. The molecule has 1 saturated carbocycles. The second kappa shape index (κ2) is 5.87. The van der Waals surface area contributed by atoms with Crippen molar-refractivity contribution < 1.29 is 14.4 Å². The molecular formula is C15H26N4O3. The molecule has 0 unspecified atom stereocenters. The van der Waals surface area contributed by atoms with Crippen LogP contribution in [0.5, 0.6) is 0 Å². The van der Waals surface area contributed by atoms with Gasteiger partial charge in [-0.1, -0.05) is 19.3 Å². The Morgan fingerprint density at radius 2 is 1.86 bits per heavy atom. The van der Waals surface area contributed by atoms with Gasteiger partial charge in [-0.25, -0.2) is 4.79 Å². The summed E-state index contributed by atoms with van der Waals surface area (Å²) in [6.45, 7) is 3.64. The Morgan fingerprint density at radius 1 is 1.27 bits per heavy atom. The third-order valence-corrected chi connectivity index (χ3v) is 4.77. The second-order valence-corrected chi connectivity index (χ2v) is 6.96. The van der Waals surface area contributed by atoms with Crippen LogP contribution in [0.3, 0.4) is 0 Å². The summed E-state index contributed by atoms with van der Waals surface area (Å²) in [7, 11) is 1.66. The maximum Gasteiger partial charge on any atom is 0.327 e. The molecule has 1 saturated heterocycles. The summed E-state index contributed by atoms with van der Waals surface area (Å²) in [5.74, 6) is -0.598. The van der Waals surface area contributed by atoms with E-state index in [2.05, 4.69) is 5.32 Å². The maximum absolute atomic E-state index is 12.7. The Bertz CT molecular complexity index is 483. The van der Waals surface area contributed by atoms with Gasteiger partial charge in [0.1, 0.15) is 12.1 Å². The number of hydrogen-bond donors (Lipinski definition) is 2. The van der Waals surface area contributed by atoms with Gasteiger partial charge in [0.15, 0.2) is 0 Å². The highest BCUT2D eigenvalue weighted by molar-refractivity contribution is 6.09. The highest BCUT2D eigenvalue weighted by Gasteiger charge is 2.55. The highest BCUT2D eigenvalue weighted by atomic mass is 16.2. The van der Waals surface area contributed by atoms with Gasteiger partial charge >= 0.3 is 6.03 Å². The van der Waals surface area contributed by atoms with E-state index in [1.54, 1.807) is 20.9 Å². The minimum Gasteiger partial charge on any atom is -0.348 e. The Labute approximate surface area is 131 Å². The molecule has 0 aromatic rings. The van der Waals surface area contributed by atoms with E-state index in [0.29, 0.717) is 12.8 Å². The number of likely N-dealkylation sites (N-methyl/N-ethyl adjacent to an activating group) is 1. The van der Waals surface area contributed by atoms with Crippen molar-refractivity contribution in [3.05, 3.63) is 0 Å². The van der Waals surface area contributed by atoms with E-state index in [1.807, 2.05) is 0 Å². The highest BCUT2D eigenvalue weighted by Crippen LogP contribution is 2.39. The van der Waals surface area contributed by atoms with Crippen LogP contribution < -0.4 is 11.1 Å². The van der Waals surface area contributed by atoms with E-state index in [0.717, 1.165) is 24.2 Å². The Balaban J connectivity index is 2.10. The second-order valence-electron chi connectivity index (χ2n) is 6.96. The third kappa shape index (κ3) is 2.82. The molecule has 1 aliphatic carbocycles. The number of imide groups is 1. The van der Waals surface area contributed by atoms with Gasteiger partial charge in [0, 0.05) is 19.1 Å². The van der Waals surface area contributed by atoms with Crippen LogP contribution in [-0.2, 0) is 9.59 Å². The first-order valence-electron chi connectivity index (χ1n) is 7.84. The number of nitrogens with one attached hydrogen (secondary N) is 1. The fraction of sp³-hybridized carbons (Fsp3) is 0.800. The van der Waals surface area contributed by atoms with Gasteiger partial charge in [0.25, 0.3) is 5.91 Å². The zero-order valence-electron chi connectivity index (χ0n) is 13.6. The molecule has 2 aliphatic rings. The Kier molecular flexibility index (Phi) is 4.47. The first-order chi connectivity index (χ1) is 10.2. The molecule has 2 fully saturated rings. The first-order valence-corrected chi connectivity index (χ1v) is 7.84. The lowest BCUT2D eigenvalue weighted by Crippen LogP contribution is -2.53. The van der Waals surface area contributed by atoms with Crippen LogP contribution in [0.2, 0.25) is 0 Å². The van der Waals surface area contributed by atoms with Gasteiger partial charge in [0.2, 0.25) is 5.91 Å². The zero-order chi connectivity index (χ0) is 16.5. The largest absolute Gasteiger partial charge is 0.348 e. The maximum atomic E-state index is 12.7. The van der Waals surface area contributed by atoms with Gasteiger partial charge in [0.05, 0.1) is 0 Å². The Morgan fingerprint density at radius 3 is 2.41 bits per heavy atom.